The molecule has 1 aromatic heterocycles. The maximum atomic E-state index is 14.3. The van der Waals surface area contributed by atoms with Crippen LogP contribution in [0.25, 0.3) is 22.3 Å². The van der Waals surface area contributed by atoms with Crippen LogP contribution < -0.4 is 5.43 Å². The summed E-state index contributed by atoms with van der Waals surface area (Å²) >= 11 is 0. The van der Waals surface area contributed by atoms with Crippen molar-refractivity contribution in [2.24, 2.45) is 5.92 Å². The molecule has 6 rings (SSSR count). The molecule has 0 unspecified atom stereocenters. The monoisotopic (exact) mass is 608 g/mol. The Morgan fingerprint density at radius 3 is 2.11 bits per heavy atom. The molecule has 1 aliphatic rings. The first-order valence-corrected chi connectivity index (χ1v) is 14.0. The molecule has 0 spiro atoms. The van der Waals surface area contributed by atoms with E-state index in [1.807, 2.05) is 6.92 Å². The average Bonchev–Trinajstić information content (AvgIpc) is 2.98. The first kappa shape index (κ1) is 29.2. The van der Waals surface area contributed by atoms with Crippen LogP contribution in [0.1, 0.15) is 46.7 Å². The number of hydrogen-bond donors (Lipinski definition) is 7. The zero-order valence-corrected chi connectivity index (χ0v) is 23.8. The summed E-state index contributed by atoms with van der Waals surface area (Å²) in [5, 5.41) is 73.3. The number of phenolic OH excluding ortho intramolecular Hbond substituents is 6. The molecule has 0 radical (unpaired) electrons. The maximum absolute atomic E-state index is 14.3. The van der Waals surface area contributed by atoms with Crippen LogP contribution in [0.5, 0.6) is 40.2 Å². The minimum Gasteiger partial charge on any atom is -0.508 e. The van der Waals surface area contributed by atoms with Crippen LogP contribution in [-0.2, 0) is 0 Å². The van der Waals surface area contributed by atoms with Gasteiger partial charge >= 0.3 is 0 Å². The van der Waals surface area contributed by atoms with Gasteiger partial charge in [-0.1, -0.05) is 17.7 Å². The molecule has 1 heterocycles. The second kappa shape index (κ2) is 11.0. The van der Waals surface area contributed by atoms with Gasteiger partial charge in [0.2, 0.25) is 11.2 Å². The van der Waals surface area contributed by atoms with Crippen LogP contribution in [0, 0.1) is 5.92 Å². The number of rotatable bonds is 5. The summed E-state index contributed by atoms with van der Waals surface area (Å²) < 4.78 is 5.84. The van der Waals surface area contributed by atoms with E-state index in [1.54, 1.807) is 6.08 Å². The van der Waals surface area contributed by atoms with Crippen LogP contribution in [0.15, 0.2) is 93.7 Å². The molecular formula is C35H28O10. The van der Waals surface area contributed by atoms with Crippen molar-refractivity contribution >= 4 is 16.8 Å². The predicted octanol–water partition coefficient (Wildman–Crippen LogP) is 6.12. The van der Waals surface area contributed by atoms with Gasteiger partial charge in [-0.15, -0.1) is 0 Å². The number of aromatic hydroxyl groups is 7. The van der Waals surface area contributed by atoms with Crippen molar-refractivity contribution in [1.82, 2.24) is 0 Å². The Morgan fingerprint density at radius 1 is 0.733 bits per heavy atom. The Labute approximate surface area is 255 Å². The van der Waals surface area contributed by atoms with Gasteiger partial charge in [-0.2, -0.15) is 0 Å². The highest BCUT2D eigenvalue weighted by molar-refractivity contribution is 6.02. The van der Waals surface area contributed by atoms with Crippen molar-refractivity contribution in [2.75, 3.05) is 0 Å². The second-order valence-corrected chi connectivity index (χ2v) is 11.2. The quantitative estimate of drug-likeness (QED) is 0.0905. The van der Waals surface area contributed by atoms with Crippen molar-refractivity contribution < 1.29 is 45.0 Å². The van der Waals surface area contributed by atoms with E-state index in [2.05, 4.69) is 0 Å². The van der Waals surface area contributed by atoms with E-state index < -0.39 is 40.5 Å². The molecule has 0 amide bonds. The minimum atomic E-state index is -1.03. The van der Waals surface area contributed by atoms with Crippen LogP contribution in [-0.4, -0.2) is 41.5 Å². The number of fused-ring (bicyclic) bond motifs is 1. The van der Waals surface area contributed by atoms with Crippen LogP contribution in [0.2, 0.25) is 0 Å². The SMILES string of the molecule is CC1=C[C@@H](c2cc(-c3oc4cc(O)ccc4c(=O)c3O)ccc2O)[C@H](C(=O)c2ccc(O)cc2O)[C@@H](c2ccc(O)cc2O)C1. The molecule has 228 valence electrons. The summed E-state index contributed by atoms with van der Waals surface area (Å²) in [4.78, 5) is 27.3. The van der Waals surface area contributed by atoms with Crippen molar-refractivity contribution in [3.8, 4) is 51.6 Å². The zero-order valence-electron chi connectivity index (χ0n) is 23.8. The van der Waals surface area contributed by atoms with Gasteiger partial charge < -0.3 is 40.2 Å². The van der Waals surface area contributed by atoms with Crippen LogP contribution >= 0.6 is 0 Å². The fraction of sp³-hybridized carbons (Fsp3) is 0.143. The predicted molar refractivity (Wildman–Crippen MR) is 164 cm³/mol. The molecule has 0 bridgehead atoms. The van der Waals surface area contributed by atoms with Crippen LogP contribution in [0.4, 0.5) is 0 Å². The third kappa shape index (κ3) is 5.16. The summed E-state index contributed by atoms with van der Waals surface area (Å²) in [5.74, 6) is -5.53. The summed E-state index contributed by atoms with van der Waals surface area (Å²) in [7, 11) is 0. The van der Waals surface area contributed by atoms with E-state index in [-0.39, 0.29) is 62.2 Å². The average molecular weight is 609 g/mol. The number of phenols is 6. The Hall–Kier alpha value is -5.90. The summed E-state index contributed by atoms with van der Waals surface area (Å²) in [6.07, 6.45) is 2.11. The van der Waals surface area contributed by atoms with Gasteiger partial charge in [0.25, 0.3) is 0 Å². The van der Waals surface area contributed by atoms with Gasteiger partial charge in [0.15, 0.2) is 11.5 Å². The molecule has 10 nitrogen and oxygen atoms in total. The van der Waals surface area contributed by atoms with E-state index in [9.17, 15) is 45.3 Å². The number of allylic oxidation sites excluding steroid dienone is 2. The molecule has 10 heteroatoms. The molecule has 0 fully saturated rings. The van der Waals surface area contributed by atoms with E-state index in [0.29, 0.717) is 12.0 Å². The molecule has 1 aliphatic carbocycles. The minimum absolute atomic E-state index is 0.0227. The standard InChI is InChI=1S/C35H28O10/c1-16-10-25(21-6-3-18(36)13-28(21)40)31(32(42)22-7-4-19(37)14-29(22)41)26(11-16)24-12-17(2-9-27(24)39)35-34(44)33(43)23-8-5-20(38)15-30(23)45-35/h2-9,11-15,25-26,31,36-41,44H,10H2,1H3/t25-,26+,31-/m1/s1. The lowest BCUT2D eigenvalue weighted by Crippen LogP contribution is -2.31. The molecule has 0 aliphatic heterocycles. The first-order chi connectivity index (χ1) is 21.4. The Balaban J connectivity index is 1.56. The summed E-state index contributed by atoms with van der Waals surface area (Å²) in [5.41, 5.74) is 0.800. The molecule has 0 saturated heterocycles. The van der Waals surface area contributed by atoms with Crippen molar-refractivity contribution in [3.05, 3.63) is 111 Å². The van der Waals surface area contributed by atoms with E-state index in [1.165, 1.54) is 60.7 Å². The number of carbonyl (C=O) groups is 1. The topological polar surface area (TPSA) is 189 Å². The highest BCUT2D eigenvalue weighted by Crippen LogP contribution is 2.51. The van der Waals surface area contributed by atoms with Crippen molar-refractivity contribution in [3.63, 3.8) is 0 Å². The highest BCUT2D eigenvalue weighted by Gasteiger charge is 2.42. The zero-order chi connectivity index (χ0) is 32.2. The molecule has 0 saturated carbocycles. The third-order valence-electron chi connectivity index (χ3n) is 8.29. The van der Waals surface area contributed by atoms with Gasteiger partial charge in [0.1, 0.15) is 40.1 Å². The molecule has 7 N–H and O–H groups in total. The van der Waals surface area contributed by atoms with Gasteiger partial charge in [-0.3, -0.25) is 9.59 Å². The Bertz CT molecular complexity index is 2090. The fourth-order valence-corrected chi connectivity index (χ4v) is 6.22. The number of carbonyl (C=O) groups excluding carboxylic acids is 1. The molecule has 45 heavy (non-hydrogen) atoms. The highest BCUT2D eigenvalue weighted by atomic mass is 16.4. The van der Waals surface area contributed by atoms with Crippen molar-refractivity contribution in [1.29, 1.82) is 0 Å². The van der Waals surface area contributed by atoms with Crippen LogP contribution in [0.3, 0.4) is 0 Å². The maximum Gasteiger partial charge on any atom is 0.235 e. The largest absolute Gasteiger partial charge is 0.508 e. The number of ketones is 1. The van der Waals surface area contributed by atoms with Gasteiger partial charge in [-0.05, 0) is 67.4 Å². The van der Waals surface area contributed by atoms with E-state index >= 15 is 0 Å². The lowest BCUT2D eigenvalue weighted by Gasteiger charge is -2.37. The smallest absolute Gasteiger partial charge is 0.235 e. The third-order valence-corrected chi connectivity index (χ3v) is 8.29. The Kier molecular flexibility index (Phi) is 7.12. The van der Waals surface area contributed by atoms with Gasteiger partial charge in [0.05, 0.1) is 10.9 Å². The molecule has 3 atom stereocenters. The number of Topliss-reactive ketones (excluding diaryl/α,β-unsaturated/α-hetero) is 1. The fourth-order valence-electron chi connectivity index (χ4n) is 6.22. The lowest BCUT2D eigenvalue weighted by molar-refractivity contribution is 0.0877. The van der Waals surface area contributed by atoms with Crippen molar-refractivity contribution in [2.45, 2.75) is 25.2 Å². The number of benzene rings is 4. The van der Waals surface area contributed by atoms with Gasteiger partial charge in [0, 0.05) is 47.1 Å². The first-order valence-electron chi connectivity index (χ1n) is 14.0. The molecule has 4 aromatic carbocycles. The molecule has 5 aromatic rings. The van der Waals surface area contributed by atoms with E-state index in [4.69, 9.17) is 4.42 Å². The number of hydrogen-bond acceptors (Lipinski definition) is 10. The lowest BCUT2D eigenvalue weighted by atomic mass is 9.65. The summed E-state index contributed by atoms with van der Waals surface area (Å²) in [6.45, 7) is 1.83. The molecular weight excluding hydrogens is 580 g/mol. The Morgan fingerprint density at radius 2 is 1.40 bits per heavy atom. The normalized spacial score (nSPS) is 18.1. The second-order valence-electron chi connectivity index (χ2n) is 11.2. The van der Waals surface area contributed by atoms with E-state index in [0.717, 1.165) is 17.7 Å². The summed E-state index contributed by atoms with van der Waals surface area (Å²) in [6, 6.07) is 15.7. The van der Waals surface area contributed by atoms with Gasteiger partial charge in [-0.25, -0.2) is 0 Å².